The molecule has 0 fully saturated rings. The molecule has 0 saturated heterocycles. The first kappa shape index (κ1) is 34.1. The molecule has 0 N–H and O–H groups in total. The molecule has 1 aliphatic heterocycles. The van der Waals surface area contributed by atoms with E-state index in [9.17, 15) is 0 Å². The normalized spacial score (nSPS) is 11.8. The molecule has 4 aromatic carbocycles. The summed E-state index contributed by atoms with van der Waals surface area (Å²) in [6.07, 6.45) is 5.12. The molecule has 0 saturated carbocycles. The number of aromatic nitrogens is 5. The molecule has 0 atom stereocenters. The number of nitrogens with zero attached hydrogens (tertiary/aromatic N) is 5. The van der Waals surface area contributed by atoms with Crippen molar-refractivity contribution in [2.75, 3.05) is 13.2 Å². The van der Waals surface area contributed by atoms with E-state index >= 15 is 0 Å². The first-order valence-corrected chi connectivity index (χ1v) is 15.5. The second-order valence-corrected chi connectivity index (χ2v) is 11.0. The summed E-state index contributed by atoms with van der Waals surface area (Å²) in [7, 11) is 0. The van der Waals surface area contributed by atoms with Crippen LogP contribution in [-0.2, 0) is 41.5 Å². The molecular weight excluding hydrogens is 916 g/mol. The van der Waals surface area contributed by atoms with Gasteiger partial charge in [0.05, 0.1) is 6.20 Å². The maximum atomic E-state index is 6.29. The number of fused-ring (bicyclic) bond motifs is 4. The molecular formula is C40H23N5O4PdPt. The third-order valence-electron chi connectivity index (χ3n) is 7.88. The van der Waals surface area contributed by atoms with Crippen LogP contribution in [0.15, 0.2) is 116 Å². The van der Waals surface area contributed by atoms with Crippen LogP contribution >= 0.6 is 0 Å². The zero-order valence-electron chi connectivity index (χ0n) is 26.4. The second-order valence-electron chi connectivity index (χ2n) is 11.0. The molecule has 0 bridgehead atoms. The minimum Gasteiger partial charge on any atom is -0.503 e. The van der Waals surface area contributed by atoms with Crippen molar-refractivity contribution in [1.82, 2.24) is 24.5 Å². The monoisotopic (exact) mass is 938 g/mol. The summed E-state index contributed by atoms with van der Waals surface area (Å²) in [5, 5.41) is 1.80. The standard InChI is InChI=1S/C40H23N5O4.Pd.Pt/c1-3-17-41-34(11-1)26-7-5-9-28(21-26)48-30-13-15-32-33-16-14-31(49-29-10-6-8-27(22-29)35-12-2-4-18-42-35)24-37(33)45(36(32)23-30)40-43-25-38-39(44-40)47-20-19-46-38;;/h1-18,25H,19-20H2;;/q-4;2*+2. The molecule has 9 rings (SSSR count). The Kier molecular flexibility index (Phi) is 9.92. The summed E-state index contributed by atoms with van der Waals surface area (Å²) >= 11 is 0. The number of rotatable bonds is 7. The maximum Gasteiger partial charge on any atom is 2.00 e. The molecule has 0 aliphatic carbocycles. The van der Waals surface area contributed by atoms with E-state index in [0.29, 0.717) is 64.8 Å². The fourth-order valence-corrected chi connectivity index (χ4v) is 5.69. The predicted octanol–water partition coefficient (Wildman–Crippen LogP) is 8.25. The van der Waals surface area contributed by atoms with Crippen molar-refractivity contribution < 1.29 is 60.4 Å². The molecule has 0 spiro atoms. The van der Waals surface area contributed by atoms with Crippen molar-refractivity contribution in [1.29, 1.82) is 0 Å². The van der Waals surface area contributed by atoms with Crippen LogP contribution in [0.4, 0.5) is 0 Å². The average molecular weight is 939 g/mol. The molecule has 1 aliphatic rings. The number of pyridine rings is 2. The van der Waals surface area contributed by atoms with E-state index in [2.05, 4.69) is 39.2 Å². The molecule has 5 heterocycles. The Hall–Kier alpha value is -5.39. The van der Waals surface area contributed by atoms with Crippen LogP contribution in [-0.4, -0.2) is 37.7 Å². The third-order valence-corrected chi connectivity index (χ3v) is 7.88. The zero-order valence-corrected chi connectivity index (χ0v) is 30.2. The molecule has 8 aromatic rings. The first-order chi connectivity index (χ1) is 24.2. The fourth-order valence-electron chi connectivity index (χ4n) is 5.69. The quantitative estimate of drug-likeness (QED) is 0.117. The summed E-state index contributed by atoms with van der Waals surface area (Å²) in [6.45, 7) is 0.831. The van der Waals surface area contributed by atoms with E-state index in [1.807, 2.05) is 102 Å². The van der Waals surface area contributed by atoms with E-state index in [-0.39, 0.29) is 41.5 Å². The van der Waals surface area contributed by atoms with Gasteiger partial charge in [-0.15, -0.1) is 71.8 Å². The van der Waals surface area contributed by atoms with Gasteiger partial charge < -0.3 is 33.5 Å². The van der Waals surface area contributed by atoms with Crippen molar-refractivity contribution in [3.8, 4) is 63.1 Å². The largest absolute Gasteiger partial charge is 2.00 e. The first-order valence-electron chi connectivity index (χ1n) is 15.5. The number of benzene rings is 4. The summed E-state index contributed by atoms with van der Waals surface area (Å²) in [5.74, 6) is 3.25. The van der Waals surface area contributed by atoms with Crippen LogP contribution in [0.2, 0.25) is 0 Å². The van der Waals surface area contributed by atoms with Gasteiger partial charge in [-0.2, -0.15) is 27.9 Å². The van der Waals surface area contributed by atoms with E-state index in [1.165, 1.54) is 0 Å². The van der Waals surface area contributed by atoms with E-state index in [0.717, 1.165) is 33.3 Å². The van der Waals surface area contributed by atoms with Gasteiger partial charge in [-0.25, -0.2) is 4.98 Å². The van der Waals surface area contributed by atoms with Gasteiger partial charge in [-0.05, 0) is 23.5 Å². The smallest absolute Gasteiger partial charge is 0.503 e. The summed E-state index contributed by atoms with van der Waals surface area (Å²) in [5.41, 5.74) is 4.62. The molecule has 9 nitrogen and oxygen atoms in total. The van der Waals surface area contributed by atoms with E-state index in [4.69, 9.17) is 23.9 Å². The van der Waals surface area contributed by atoms with Crippen LogP contribution in [0.25, 0.3) is 50.3 Å². The van der Waals surface area contributed by atoms with Gasteiger partial charge in [0.25, 0.3) is 5.88 Å². The number of hydrogen-bond donors (Lipinski definition) is 0. The number of hydrogen-bond acceptors (Lipinski definition) is 8. The Labute approximate surface area is 321 Å². The number of ether oxygens (including phenoxy) is 4. The van der Waals surface area contributed by atoms with Crippen LogP contribution < -0.4 is 18.9 Å². The van der Waals surface area contributed by atoms with Gasteiger partial charge in [0.15, 0.2) is 5.75 Å². The molecule has 51 heavy (non-hydrogen) atoms. The van der Waals surface area contributed by atoms with Crippen molar-refractivity contribution >= 4 is 21.8 Å². The van der Waals surface area contributed by atoms with Crippen molar-refractivity contribution in [2.45, 2.75) is 0 Å². The Morgan fingerprint density at radius 2 is 1.12 bits per heavy atom. The van der Waals surface area contributed by atoms with Gasteiger partial charge in [-0.3, -0.25) is 0 Å². The van der Waals surface area contributed by atoms with Gasteiger partial charge >= 0.3 is 41.5 Å². The maximum absolute atomic E-state index is 6.29. The van der Waals surface area contributed by atoms with Crippen LogP contribution in [0.5, 0.6) is 34.6 Å². The Bertz CT molecular complexity index is 2340. The van der Waals surface area contributed by atoms with Crippen molar-refractivity contribution in [2.24, 2.45) is 0 Å². The minimum absolute atomic E-state index is 0. The van der Waals surface area contributed by atoms with Gasteiger partial charge in [-0.1, -0.05) is 47.4 Å². The molecule has 0 amide bonds. The molecule has 0 radical (unpaired) electrons. The van der Waals surface area contributed by atoms with Gasteiger partial charge in [0.2, 0.25) is 5.95 Å². The third kappa shape index (κ3) is 6.87. The fraction of sp³-hybridized carbons (Fsp3) is 0.0500. The summed E-state index contributed by atoms with van der Waals surface area (Å²) in [4.78, 5) is 18.3. The molecule has 0 unspecified atom stereocenters. The Morgan fingerprint density at radius 1 is 0.569 bits per heavy atom. The summed E-state index contributed by atoms with van der Waals surface area (Å²) < 4.78 is 26.0. The average Bonchev–Trinajstić information content (AvgIpc) is 3.48. The molecule has 252 valence electrons. The van der Waals surface area contributed by atoms with Gasteiger partial charge in [0.1, 0.15) is 13.2 Å². The van der Waals surface area contributed by atoms with Crippen molar-refractivity contribution in [3.05, 3.63) is 140 Å². The minimum atomic E-state index is 0. The van der Waals surface area contributed by atoms with E-state index in [1.54, 1.807) is 18.6 Å². The zero-order chi connectivity index (χ0) is 32.6. The summed E-state index contributed by atoms with van der Waals surface area (Å²) in [6, 6.07) is 44.2. The molecule has 4 aromatic heterocycles. The Morgan fingerprint density at radius 3 is 1.67 bits per heavy atom. The molecule has 11 heteroatoms. The van der Waals surface area contributed by atoms with Crippen LogP contribution in [0.1, 0.15) is 0 Å². The van der Waals surface area contributed by atoms with Crippen LogP contribution in [0, 0.1) is 24.3 Å². The van der Waals surface area contributed by atoms with E-state index < -0.39 is 0 Å². The van der Waals surface area contributed by atoms with Gasteiger partial charge in [0, 0.05) is 35.4 Å². The topological polar surface area (TPSA) is 93.4 Å². The van der Waals surface area contributed by atoms with Crippen molar-refractivity contribution in [3.63, 3.8) is 0 Å². The predicted molar refractivity (Wildman–Crippen MR) is 182 cm³/mol. The second kappa shape index (κ2) is 14.8. The SMILES string of the molecule is [Pd+2].[Pt+2].[c-]1c(Oc2[c-]c3c(cc2)c2ccc(Oc4[c-]c(-c5ccccn5)ccc4)[c-]c2n3-c2ncc3c(n2)OCCO3)cccc1-c1ccccn1. The van der Waals surface area contributed by atoms with Crippen LogP contribution in [0.3, 0.4) is 0 Å². The Balaban J connectivity index is 0.00000203.